The van der Waals surface area contributed by atoms with Gasteiger partial charge >= 0.3 is 12.1 Å². The fourth-order valence-corrected chi connectivity index (χ4v) is 2.91. The van der Waals surface area contributed by atoms with Gasteiger partial charge in [-0.3, -0.25) is 14.9 Å². The lowest BCUT2D eigenvalue weighted by atomic mass is 10.3. The summed E-state index contributed by atoms with van der Waals surface area (Å²) >= 11 is 0. The Kier molecular flexibility index (Phi) is 8.91. The van der Waals surface area contributed by atoms with E-state index in [2.05, 4.69) is 0 Å². The molecule has 8 nitrogen and oxygen atoms in total. The van der Waals surface area contributed by atoms with Crippen LogP contribution in [0.25, 0.3) is 0 Å². The normalized spacial score (nSPS) is 9.96. The maximum Gasteiger partial charge on any atom is 0.513 e. The Morgan fingerprint density at radius 3 is 2.17 bits per heavy atom. The van der Waals surface area contributed by atoms with E-state index in [1.165, 1.54) is 52.8 Å². The van der Waals surface area contributed by atoms with Gasteiger partial charge in [-0.1, -0.05) is 21.6 Å². The highest BCUT2D eigenvalue weighted by Gasteiger charge is 2.09. The predicted molar refractivity (Wildman–Crippen MR) is 86.6 cm³/mol. The molecule has 0 fully saturated rings. The fourth-order valence-electron chi connectivity index (χ4n) is 1.26. The predicted octanol–water partition coefficient (Wildman–Crippen LogP) is 3.05. The molecule has 0 radical (unpaired) electrons. The summed E-state index contributed by atoms with van der Waals surface area (Å²) in [5.74, 6) is 1.06. The van der Waals surface area contributed by atoms with Crippen molar-refractivity contribution in [3.05, 3.63) is 34.4 Å². The molecule has 0 unspecified atom stereocenters. The third-order valence-corrected chi connectivity index (χ3v) is 4.52. The second-order valence-electron chi connectivity index (χ2n) is 3.94. The van der Waals surface area contributed by atoms with E-state index < -0.39 is 11.1 Å². The molecule has 1 aromatic carbocycles. The molecule has 1 aromatic rings. The minimum absolute atomic E-state index is 0.0899. The van der Waals surface area contributed by atoms with E-state index in [0.29, 0.717) is 18.1 Å². The first kappa shape index (κ1) is 19.1. The van der Waals surface area contributed by atoms with Crippen LogP contribution in [-0.4, -0.2) is 41.8 Å². The number of rotatable bonds is 9. The van der Waals surface area contributed by atoms with E-state index in [4.69, 9.17) is 14.2 Å². The molecular formula is C13H15NO7S2. The minimum Gasteiger partial charge on any atom is -0.465 e. The number of esters is 1. The van der Waals surface area contributed by atoms with E-state index in [0.717, 1.165) is 0 Å². The second-order valence-corrected chi connectivity index (χ2v) is 6.64. The Morgan fingerprint density at radius 1 is 1.09 bits per heavy atom. The molecule has 10 heteroatoms. The summed E-state index contributed by atoms with van der Waals surface area (Å²) in [5.41, 5.74) is -0.0899. The van der Waals surface area contributed by atoms with Gasteiger partial charge in [0.2, 0.25) is 0 Å². The smallest absolute Gasteiger partial charge is 0.465 e. The second kappa shape index (κ2) is 10.7. The molecule has 0 saturated heterocycles. The van der Waals surface area contributed by atoms with Crippen LogP contribution in [0.15, 0.2) is 24.3 Å². The maximum absolute atomic E-state index is 11.4. The fraction of sp³-hybridized carbons (Fsp3) is 0.385. The largest absolute Gasteiger partial charge is 0.513 e. The Bertz CT molecular complexity index is 536. The van der Waals surface area contributed by atoms with Crippen LogP contribution in [0.4, 0.5) is 10.5 Å². The zero-order valence-electron chi connectivity index (χ0n) is 12.3. The van der Waals surface area contributed by atoms with E-state index in [9.17, 15) is 19.7 Å². The molecule has 23 heavy (non-hydrogen) atoms. The highest BCUT2D eigenvalue weighted by atomic mass is 33.1. The molecule has 1 rings (SSSR count). The average Bonchev–Trinajstić information content (AvgIpc) is 2.50. The topological polar surface area (TPSA) is 105 Å². The number of hydrogen-bond acceptors (Lipinski definition) is 9. The van der Waals surface area contributed by atoms with Crippen LogP contribution in [0, 0.1) is 10.1 Å². The van der Waals surface area contributed by atoms with Crippen LogP contribution in [0.3, 0.4) is 0 Å². The van der Waals surface area contributed by atoms with Crippen molar-refractivity contribution in [3.63, 3.8) is 0 Å². The van der Waals surface area contributed by atoms with Crippen LogP contribution < -0.4 is 4.74 Å². The lowest BCUT2D eigenvalue weighted by Crippen LogP contribution is -2.12. The van der Waals surface area contributed by atoms with Gasteiger partial charge in [-0.15, -0.1) is 0 Å². The Balaban J connectivity index is 2.10. The molecular weight excluding hydrogens is 346 g/mol. The third-order valence-electron chi connectivity index (χ3n) is 2.19. The van der Waals surface area contributed by atoms with E-state index in [1.54, 1.807) is 0 Å². The molecule has 0 N–H and O–H groups in total. The lowest BCUT2D eigenvalue weighted by Gasteiger charge is -2.05. The van der Waals surface area contributed by atoms with Crippen molar-refractivity contribution >= 4 is 39.4 Å². The van der Waals surface area contributed by atoms with Crippen molar-refractivity contribution in [2.45, 2.75) is 6.92 Å². The van der Waals surface area contributed by atoms with Crippen LogP contribution in [0.2, 0.25) is 0 Å². The first-order valence-corrected chi connectivity index (χ1v) is 8.94. The highest BCUT2D eigenvalue weighted by molar-refractivity contribution is 8.76. The average molecular weight is 361 g/mol. The summed E-state index contributed by atoms with van der Waals surface area (Å²) in [7, 11) is 2.97. The van der Waals surface area contributed by atoms with Gasteiger partial charge < -0.3 is 14.2 Å². The molecule has 0 atom stereocenters. The quantitative estimate of drug-likeness (QED) is 0.164. The summed E-state index contributed by atoms with van der Waals surface area (Å²) in [4.78, 5) is 31.8. The summed E-state index contributed by atoms with van der Waals surface area (Å²) < 4.78 is 14.5. The van der Waals surface area contributed by atoms with Crippen LogP contribution in [0.1, 0.15) is 6.92 Å². The summed E-state index contributed by atoms with van der Waals surface area (Å²) in [6.45, 7) is 1.86. The standard InChI is InChI=1S/C13H15NO7S2/c1-10(15)19-6-8-22-23-9-7-20-13(16)21-12-4-2-11(3-5-12)14(17)18/h2-5H,6-9H2,1H3. The van der Waals surface area contributed by atoms with Gasteiger partial charge in [0, 0.05) is 30.6 Å². The number of carbonyl (C=O) groups excluding carboxylic acids is 2. The van der Waals surface area contributed by atoms with Crippen molar-refractivity contribution < 1.29 is 28.7 Å². The molecule has 0 amide bonds. The summed E-state index contributed by atoms with van der Waals surface area (Å²) in [6.07, 6.45) is -0.871. The molecule has 0 bridgehead atoms. The monoisotopic (exact) mass is 361 g/mol. The SMILES string of the molecule is CC(=O)OCCSSCCOC(=O)Oc1ccc([N+](=O)[O-])cc1. The van der Waals surface area contributed by atoms with Crippen molar-refractivity contribution in [1.82, 2.24) is 0 Å². The van der Waals surface area contributed by atoms with Crippen molar-refractivity contribution in [1.29, 1.82) is 0 Å². The van der Waals surface area contributed by atoms with Crippen LogP contribution in [0.5, 0.6) is 5.75 Å². The molecule has 0 spiro atoms. The minimum atomic E-state index is -0.871. The van der Waals surface area contributed by atoms with Gasteiger partial charge in [-0.2, -0.15) is 0 Å². The van der Waals surface area contributed by atoms with Gasteiger partial charge in [0.25, 0.3) is 5.69 Å². The van der Waals surface area contributed by atoms with Crippen LogP contribution >= 0.6 is 21.6 Å². The molecule has 0 aliphatic rings. The summed E-state index contributed by atoms with van der Waals surface area (Å²) in [5, 5.41) is 10.5. The number of hydrogen-bond donors (Lipinski definition) is 0. The molecule has 0 aliphatic carbocycles. The number of nitrogens with zero attached hydrogens (tertiary/aromatic N) is 1. The zero-order chi connectivity index (χ0) is 17.1. The van der Waals surface area contributed by atoms with E-state index >= 15 is 0 Å². The molecule has 0 aromatic heterocycles. The first-order chi connectivity index (χ1) is 11.0. The van der Waals surface area contributed by atoms with Gasteiger partial charge in [0.05, 0.1) is 4.92 Å². The zero-order valence-corrected chi connectivity index (χ0v) is 13.9. The summed E-state index contributed by atoms with van der Waals surface area (Å²) in [6, 6.07) is 5.11. The highest BCUT2D eigenvalue weighted by Crippen LogP contribution is 2.21. The third kappa shape index (κ3) is 8.94. The van der Waals surface area contributed by atoms with Crippen molar-refractivity contribution in [3.8, 4) is 5.75 Å². The molecule has 0 saturated carbocycles. The molecule has 126 valence electrons. The molecule has 0 heterocycles. The lowest BCUT2D eigenvalue weighted by molar-refractivity contribution is -0.384. The number of non-ortho nitro benzene ring substituents is 1. The van der Waals surface area contributed by atoms with Crippen molar-refractivity contribution in [2.24, 2.45) is 0 Å². The van der Waals surface area contributed by atoms with Gasteiger partial charge in [-0.05, 0) is 12.1 Å². The molecule has 0 aliphatic heterocycles. The van der Waals surface area contributed by atoms with Gasteiger partial charge in [0.1, 0.15) is 19.0 Å². The van der Waals surface area contributed by atoms with Gasteiger partial charge in [0.15, 0.2) is 0 Å². The van der Waals surface area contributed by atoms with Crippen molar-refractivity contribution in [2.75, 3.05) is 24.7 Å². The first-order valence-electron chi connectivity index (χ1n) is 6.46. The number of benzene rings is 1. The Morgan fingerprint density at radius 2 is 1.65 bits per heavy atom. The number of ether oxygens (including phenoxy) is 3. The number of carbonyl (C=O) groups is 2. The van der Waals surface area contributed by atoms with E-state index in [-0.39, 0.29) is 24.0 Å². The van der Waals surface area contributed by atoms with Crippen LogP contribution in [-0.2, 0) is 14.3 Å². The maximum atomic E-state index is 11.4. The van der Waals surface area contributed by atoms with Gasteiger partial charge in [-0.25, -0.2) is 4.79 Å². The number of nitro groups is 1. The van der Waals surface area contributed by atoms with E-state index in [1.807, 2.05) is 0 Å². The Labute approximate surface area is 140 Å². The number of nitro benzene ring substituents is 1. The Hall–Kier alpha value is -1.94.